The number of allylic oxidation sites excluding steroid dienone is 1. The van der Waals surface area contributed by atoms with E-state index in [1.54, 1.807) is 0 Å². The lowest BCUT2D eigenvalue weighted by atomic mass is 9.46. The molecule has 30 heavy (non-hydrogen) atoms. The van der Waals surface area contributed by atoms with Crippen molar-refractivity contribution >= 4 is 17.7 Å². The van der Waals surface area contributed by atoms with Gasteiger partial charge in [-0.3, -0.25) is 14.4 Å². The van der Waals surface area contributed by atoms with E-state index in [0.717, 1.165) is 38.5 Å². The standard InChI is InChI=1S/C24H31NO5/c1-22-10-7-16(26)13-15(22)3-4-17-18(22)8-11-23(2)19(17)9-12-24(23,14-25)30-21(29)6-5-20(27)28/h13,17-19H,3-12H2,1-2H3,(H,27,28)/t17-,18-,19+,22+,23-,24+/m0/s1. The van der Waals surface area contributed by atoms with Crippen LogP contribution in [-0.2, 0) is 19.1 Å². The zero-order valence-electron chi connectivity index (χ0n) is 17.9. The number of carbonyl (C=O) groups excluding carboxylic acids is 2. The van der Waals surface area contributed by atoms with Gasteiger partial charge in [-0.2, -0.15) is 5.26 Å². The maximum atomic E-state index is 12.4. The van der Waals surface area contributed by atoms with Gasteiger partial charge in [0.2, 0.25) is 5.60 Å². The van der Waals surface area contributed by atoms with Crippen molar-refractivity contribution < 1.29 is 24.2 Å². The second-order valence-electron chi connectivity index (χ2n) is 10.3. The first kappa shape index (κ1) is 21.1. The van der Waals surface area contributed by atoms with Crippen LogP contribution < -0.4 is 0 Å². The fourth-order valence-electron chi connectivity index (χ4n) is 7.39. The highest BCUT2D eigenvalue weighted by Gasteiger charge is 2.66. The minimum absolute atomic E-state index is 0.0637. The van der Waals surface area contributed by atoms with Gasteiger partial charge in [0.15, 0.2) is 5.78 Å². The molecule has 0 aromatic rings. The summed E-state index contributed by atoms with van der Waals surface area (Å²) in [7, 11) is 0. The van der Waals surface area contributed by atoms with Crippen molar-refractivity contribution in [2.24, 2.45) is 28.6 Å². The van der Waals surface area contributed by atoms with E-state index in [1.165, 1.54) is 5.57 Å². The van der Waals surface area contributed by atoms with Crippen LogP contribution in [-0.4, -0.2) is 28.4 Å². The van der Waals surface area contributed by atoms with Gasteiger partial charge in [0.25, 0.3) is 0 Å². The Kier molecular flexibility index (Phi) is 5.07. The highest BCUT2D eigenvalue weighted by atomic mass is 16.6. The normalized spacial score (nSPS) is 42.2. The van der Waals surface area contributed by atoms with Crippen LogP contribution in [0.1, 0.15) is 78.1 Å². The monoisotopic (exact) mass is 413 g/mol. The first-order valence-corrected chi connectivity index (χ1v) is 11.2. The summed E-state index contributed by atoms with van der Waals surface area (Å²) in [6, 6.07) is 2.36. The number of carboxylic acids is 1. The molecule has 1 N–H and O–H groups in total. The Morgan fingerprint density at radius 2 is 1.87 bits per heavy atom. The van der Waals surface area contributed by atoms with E-state index in [4.69, 9.17) is 9.84 Å². The fourth-order valence-corrected chi connectivity index (χ4v) is 7.39. The Hall–Kier alpha value is -2.16. The predicted octanol–water partition coefficient (Wildman–Crippen LogP) is 4.19. The Bertz CT molecular complexity index is 856. The van der Waals surface area contributed by atoms with Crippen LogP contribution in [0.15, 0.2) is 11.6 Å². The predicted molar refractivity (Wildman–Crippen MR) is 108 cm³/mol. The van der Waals surface area contributed by atoms with Gasteiger partial charge in [-0.1, -0.05) is 19.4 Å². The van der Waals surface area contributed by atoms with Crippen LogP contribution >= 0.6 is 0 Å². The summed E-state index contributed by atoms with van der Waals surface area (Å²) < 4.78 is 5.78. The number of nitriles is 1. The molecule has 0 amide bonds. The van der Waals surface area contributed by atoms with E-state index in [0.29, 0.717) is 30.6 Å². The number of fused-ring (bicyclic) bond motifs is 5. The van der Waals surface area contributed by atoms with E-state index in [2.05, 4.69) is 19.9 Å². The molecular formula is C24H31NO5. The van der Waals surface area contributed by atoms with Crippen molar-refractivity contribution in [3.8, 4) is 6.07 Å². The number of aliphatic carboxylic acids is 1. The molecular weight excluding hydrogens is 382 g/mol. The highest BCUT2D eigenvalue weighted by Crippen LogP contribution is 2.68. The van der Waals surface area contributed by atoms with Crippen LogP contribution in [0.5, 0.6) is 0 Å². The Morgan fingerprint density at radius 3 is 2.57 bits per heavy atom. The minimum Gasteiger partial charge on any atom is -0.481 e. The number of hydrogen-bond donors (Lipinski definition) is 1. The van der Waals surface area contributed by atoms with Crippen molar-refractivity contribution in [3.63, 3.8) is 0 Å². The molecule has 0 saturated heterocycles. The van der Waals surface area contributed by atoms with E-state index in [1.807, 2.05) is 6.08 Å². The number of ether oxygens (including phenoxy) is 1. The lowest BCUT2D eigenvalue weighted by Gasteiger charge is -2.58. The number of rotatable bonds is 4. The maximum absolute atomic E-state index is 12.4. The molecule has 3 fully saturated rings. The van der Waals surface area contributed by atoms with E-state index < -0.39 is 23.0 Å². The van der Waals surface area contributed by atoms with Crippen LogP contribution in [0.4, 0.5) is 0 Å². The van der Waals surface area contributed by atoms with Crippen molar-refractivity contribution in [2.75, 3.05) is 0 Å². The molecule has 0 unspecified atom stereocenters. The summed E-state index contributed by atoms with van der Waals surface area (Å²) in [4.78, 5) is 35.1. The number of carbonyl (C=O) groups is 3. The molecule has 3 saturated carbocycles. The fraction of sp³-hybridized carbons (Fsp3) is 0.750. The summed E-state index contributed by atoms with van der Waals surface area (Å²) in [6.45, 7) is 4.43. The van der Waals surface area contributed by atoms with Crippen molar-refractivity contribution in [1.29, 1.82) is 5.26 Å². The summed E-state index contributed by atoms with van der Waals surface area (Å²) in [5, 5.41) is 19.0. The molecule has 0 radical (unpaired) electrons. The second-order valence-corrected chi connectivity index (χ2v) is 10.3. The Morgan fingerprint density at radius 1 is 1.13 bits per heavy atom. The summed E-state index contributed by atoms with van der Waals surface area (Å²) in [6.07, 6.45) is 8.06. The van der Waals surface area contributed by atoms with Gasteiger partial charge in [0, 0.05) is 18.3 Å². The largest absolute Gasteiger partial charge is 0.481 e. The molecule has 0 aromatic heterocycles. The Balaban J connectivity index is 1.58. The molecule has 4 aliphatic rings. The average molecular weight is 414 g/mol. The molecule has 6 atom stereocenters. The molecule has 162 valence electrons. The SMILES string of the molecule is C[C@]12CC[C@H]3[C@H](CCC4=CC(=O)CC[C@]43C)[C@H]1CC[C@]2(C#N)OC(=O)CCC(=O)O. The Labute approximate surface area is 177 Å². The number of nitrogens with zero attached hydrogens (tertiary/aromatic N) is 1. The number of carboxylic acid groups (broad SMARTS) is 1. The highest BCUT2D eigenvalue weighted by molar-refractivity contribution is 5.91. The number of ketones is 1. The molecule has 0 aliphatic heterocycles. The van der Waals surface area contributed by atoms with Crippen LogP contribution in [0, 0.1) is 39.9 Å². The lowest BCUT2D eigenvalue weighted by molar-refractivity contribution is -0.173. The van der Waals surface area contributed by atoms with E-state index in [-0.39, 0.29) is 24.0 Å². The number of hydrogen-bond acceptors (Lipinski definition) is 5. The van der Waals surface area contributed by atoms with Crippen LogP contribution in [0.2, 0.25) is 0 Å². The molecule has 6 heteroatoms. The summed E-state index contributed by atoms with van der Waals surface area (Å²) >= 11 is 0. The van der Waals surface area contributed by atoms with Crippen LogP contribution in [0.3, 0.4) is 0 Å². The van der Waals surface area contributed by atoms with Gasteiger partial charge in [0.05, 0.1) is 12.8 Å². The minimum atomic E-state index is -1.17. The third-order valence-electron chi connectivity index (χ3n) is 9.09. The zero-order chi connectivity index (χ0) is 21.7. The average Bonchev–Trinajstić information content (AvgIpc) is 2.99. The second kappa shape index (κ2) is 7.21. The first-order chi connectivity index (χ1) is 14.1. The third kappa shape index (κ3) is 3.01. The molecule has 6 nitrogen and oxygen atoms in total. The topological polar surface area (TPSA) is 104 Å². The molecule has 4 aliphatic carbocycles. The van der Waals surface area contributed by atoms with Gasteiger partial charge in [-0.05, 0) is 67.8 Å². The van der Waals surface area contributed by atoms with Gasteiger partial charge < -0.3 is 9.84 Å². The summed E-state index contributed by atoms with van der Waals surface area (Å²) in [5.41, 5.74) is -0.205. The molecule has 0 spiro atoms. The van der Waals surface area contributed by atoms with Crippen molar-refractivity contribution in [2.45, 2.75) is 83.7 Å². The van der Waals surface area contributed by atoms with E-state index in [9.17, 15) is 19.6 Å². The van der Waals surface area contributed by atoms with Gasteiger partial charge in [0.1, 0.15) is 6.07 Å². The first-order valence-electron chi connectivity index (χ1n) is 11.2. The zero-order valence-corrected chi connectivity index (χ0v) is 17.9. The van der Waals surface area contributed by atoms with Crippen LogP contribution in [0.25, 0.3) is 0 Å². The van der Waals surface area contributed by atoms with Gasteiger partial charge >= 0.3 is 11.9 Å². The molecule has 0 heterocycles. The molecule has 0 bridgehead atoms. The quantitative estimate of drug-likeness (QED) is 0.693. The third-order valence-corrected chi connectivity index (χ3v) is 9.09. The maximum Gasteiger partial charge on any atom is 0.307 e. The van der Waals surface area contributed by atoms with E-state index >= 15 is 0 Å². The molecule has 0 aromatic carbocycles. The molecule has 4 rings (SSSR count). The van der Waals surface area contributed by atoms with Crippen molar-refractivity contribution in [3.05, 3.63) is 11.6 Å². The lowest BCUT2D eigenvalue weighted by Crippen LogP contribution is -2.55. The number of esters is 1. The van der Waals surface area contributed by atoms with Gasteiger partial charge in [-0.25, -0.2) is 0 Å². The van der Waals surface area contributed by atoms with Gasteiger partial charge in [-0.15, -0.1) is 0 Å². The smallest absolute Gasteiger partial charge is 0.307 e. The van der Waals surface area contributed by atoms with Crippen molar-refractivity contribution in [1.82, 2.24) is 0 Å². The summed E-state index contributed by atoms with van der Waals surface area (Å²) in [5.74, 6) is -0.111.